The van der Waals surface area contributed by atoms with Gasteiger partial charge >= 0.3 is 0 Å². The van der Waals surface area contributed by atoms with Crippen molar-refractivity contribution in [3.63, 3.8) is 0 Å². The van der Waals surface area contributed by atoms with Crippen LogP contribution in [0.5, 0.6) is 0 Å². The molecule has 9 heteroatoms. The molecule has 3 fully saturated rings. The van der Waals surface area contributed by atoms with Gasteiger partial charge in [-0.1, -0.05) is 27.7 Å². The molecule has 9 nitrogen and oxygen atoms in total. The number of nitrogens with two attached hydrogens (primary N) is 1. The minimum absolute atomic E-state index is 0.0253. The van der Waals surface area contributed by atoms with Gasteiger partial charge in [0.05, 0.1) is 12.5 Å². The van der Waals surface area contributed by atoms with E-state index in [-0.39, 0.29) is 24.8 Å². The SMILES string of the molecule is CCCN1CCN(c2ccc(C(N)=O)c([C@@H](C(=O)N3C[C@H](O)[C@H]4OCC(=O)[C@H]43)C(C)(C)C)c2)CC1. The summed E-state index contributed by atoms with van der Waals surface area (Å²) in [6.45, 7) is 12.6. The summed E-state index contributed by atoms with van der Waals surface area (Å²) in [6.07, 6.45) is -0.501. The summed E-state index contributed by atoms with van der Waals surface area (Å²) in [6, 6.07) is 4.73. The largest absolute Gasteiger partial charge is 0.388 e. The molecule has 4 atom stereocenters. The normalized spacial score (nSPS) is 26.2. The third-order valence-electron chi connectivity index (χ3n) is 7.44. The van der Waals surface area contributed by atoms with Gasteiger partial charge in [0.1, 0.15) is 24.9 Å². The summed E-state index contributed by atoms with van der Waals surface area (Å²) in [4.78, 5) is 45.2. The van der Waals surface area contributed by atoms with E-state index in [0.717, 1.165) is 44.8 Å². The minimum atomic E-state index is -0.919. The van der Waals surface area contributed by atoms with Gasteiger partial charge in [0, 0.05) is 37.4 Å². The Balaban J connectivity index is 1.70. The molecule has 0 spiro atoms. The molecule has 35 heavy (non-hydrogen) atoms. The third kappa shape index (κ3) is 4.94. The molecule has 0 bridgehead atoms. The van der Waals surface area contributed by atoms with E-state index in [9.17, 15) is 19.5 Å². The Labute approximate surface area is 207 Å². The number of primary amides is 1. The highest BCUT2D eigenvalue weighted by Crippen LogP contribution is 2.42. The summed E-state index contributed by atoms with van der Waals surface area (Å²) in [5.41, 5.74) is 7.00. The molecule has 1 aromatic rings. The lowest BCUT2D eigenvalue weighted by Gasteiger charge is -2.38. The smallest absolute Gasteiger partial charge is 0.249 e. The predicted octanol–water partition coefficient (Wildman–Crippen LogP) is 0.987. The maximum absolute atomic E-state index is 14.0. The molecule has 0 unspecified atom stereocenters. The van der Waals surface area contributed by atoms with Crippen LogP contribution in [-0.2, 0) is 14.3 Å². The Morgan fingerprint density at radius 1 is 1.20 bits per heavy atom. The van der Waals surface area contributed by atoms with E-state index >= 15 is 0 Å². The highest BCUT2D eigenvalue weighted by molar-refractivity contribution is 5.99. The van der Waals surface area contributed by atoms with Gasteiger partial charge in [0.15, 0.2) is 5.78 Å². The molecule has 192 valence electrons. The number of Topliss-reactive ketones (excluding diaryl/α,β-unsaturated/α-hetero) is 1. The molecule has 0 aromatic heterocycles. The number of fused-ring (bicyclic) bond motifs is 1. The second-order valence-electron chi connectivity index (χ2n) is 11.0. The van der Waals surface area contributed by atoms with Gasteiger partial charge in [-0.2, -0.15) is 0 Å². The first kappa shape index (κ1) is 25.6. The summed E-state index contributed by atoms with van der Waals surface area (Å²) >= 11 is 0. The molecule has 3 N–H and O–H groups in total. The van der Waals surface area contributed by atoms with E-state index in [1.165, 1.54) is 4.90 Å². The van der Waals surface area contributed by atoms with Crippen molar-refractivity contribution < 1.29 is 24.2 Å². The molecule has 0 saturated carbocycles. The predicted molar refractivity (Wildman–Crippen MR) is 132 cm³/mol. The fraction of sp³-hybridized carbons (Fsp3) is 0.654. The lowest BCUT2D eigenvalue weighted by Crippen LogP contribution is -2.47. The summed E-state index contributed by atoms with van der Waals surface area (Å²) in [7, 11) is 0. The standard InChI is InChI=1S/C26H38N4O5/c1-5-8-28-9-11-29(12-10-28)16-6-7-17(24(27)33)18(13-16)21(26(2,3)4)25(34)30-14-19(31)23-22(30)20(32)15-35-23/h6-7,13,19,21-23,31H,5,8-12,14-15H2,1-4H3,(H2,27,33)/t19-,21-,22+,23+/m0/s1. The Morgan fingerprint density at radius 3 is 2.49 bits per heavy atom. The topological polar surface area (TPSA) is 116 Å². The summed E-state index contributed by atoms with van der Waals surface area (Å²) < 4.78 is 5.46. The zero-order valence-electron chi connectivity index (χ0n) is 21.2. The monoisotopic (exact) mass is 486 g/mol. The first-order valence-corrected chi connectivity index (χ1v) is 12.6. The number of anilines is 1. The quantitative estimate of drug-likeness (QED) is 0.616. The Kier molecular flexibility index (Phi) is 7.22. The molecule has 4 rings (SSSR count). The number of β-amino-alcohol motifs (C(OH)–C–C–N with tert-alkyl or cyclic N) is 1. The average molecular weight is 487 g/mol. The van der Waals surface area contributed by atoms with Crippen molar-refractivity contribution in [2.24, 2.45) is 11.1 Å². The zero-order chi connectivity index (χ0) is 25.5. The number of rotatable bonds is 6. The number of ketones is 1. The fourth-order valence-corrected chi connectivity index (χ4v) is 5.75. The minimum Gasteiger partial charge on any atom is -0.388 e. The van der Waals surface area contributed by atoms with Gasteiger partial charge in [0.25, 0.3) is 0 Å². The van der Waals surface area contributed by atoms with Crippen LogP contribution in [0.1, 0.15) is 56.0 Å². The average Bonchev–Trinajstić information content (AvgIpc) is 3.34. The number of nitrogens with zero attached hydrogens (tertiary/aromatic N) is 3. The van der Waals surface area contributed by atoms with Crippen LogP contribution < -0.4 is 10.6 Å². The van der Waals surface area contributed by atoms with E-state index in [4.69, 9.17) is 10.5 Å². The van der Waals surface area contributed by atoms with Crippen molar-refractivity contribution in [1.82, 2.24) is 9.80 Å². The van der Waals surface area contributed by atoms with Crippen LogP contribution in [0.3, 0.4) is 0 Å². The van der Waals surface area contributed by atoms with E-state index in [2.05, 4.69) is 16.7 Å². The third-order valence-corrected chi connectivity index (χ3v) is 7.44. The van der Waals surface area contributed by atoms with E-state index in [1.807, 2.05) is 32.9 Å². The molecule has 3 aliphatic heterocycles. The Bertz CT molecular complexity index is 982. The first-order valence-electron chi connectivity index (χ1n) is 12.6. The zero-order valence-corrected chi connectivity index (χ0v) is 21.2. The van der Waals surface area contributed by atoms with Crippen molar-refractivity contribution in [2.45, 2.75) is 58.3 Å². The number of aliphatic hydroxyl groups excluding tert-OH is 1. The number of aliphatic hydroxyl groups is 1. The van der Waals surface area contributed by atoms with Crippen LogP contribution in [0.25, 0.3) is 0 Å². The van der Waals surface area contributed by atoms with Crippen LogP contribution in [-0.4, -0.2) is 96.6 Å². The summed E-state index contributed by atoms with van der Waals surface area (Å²) in [5.74, 6) is -1.83. The van der Waals surface area contributed by atoms with Crippen molar-refractivity contribution in [3.05, 3.63) is 29.3 Å². The van der Waals surface area contributed by atoms with Gasteiger partial charge in [0.2, 0.25) is 11.8 Å². The number of amides is 2. The molecule has 3 saturated heterocycles. The van der Waals surface area contributed by atoms with Gasteiger partial charge < -0.3 is 25.4 Å². The van der Waals surface area contributed by atoms with E-state index < -0.39 is 35.5 Å². The maximum Gasteiger partial charge on any atom is 0.249 e. The van der Waals surface area contributed by atoms with Crippen molar-refractivity contribution in [3.8, 4) is 0 Å². The second kappa shape index (κ2) is 9.87. The van der Waals surface area contributed by atoms with Gasteiger partial charge in [-0.05, 0) is 42.1 Å². The van der Waals surface area contributed by atoms with Crippen molar-refractivity contribution in [1.29, 1.82) is 0 Å². The number of carbonyl (C=O) groups is 3. The first-order chi connectivity index (χ1) is 16.5. The highest BCUT2D eigenvalue weighted by Gasteiger charge is 2.54. The number of carbonyl (C=O) groups excluding carboxylic acids is 3. The van der Waals surface area contributed by atoms with Crippen molar-refractivity contribution >= 4 is 23.3 Å². The van der Waals surface area contributed by atoms with Crippen LogP contribution in [0.4, 0.5) is 5.69 Å². The fourth-order valence-electron chi connectivity index (χ4n) is 5.75. The molecular formula is C26H38N4O5. The highest BCUT2D eigenvalue weighted by atomic mass is 16.5. The van der Waals surface area contributed by atoms with Crippen LogP contribution in [0, 0.1) is 5.41 Å². The Morgan fingerprint density at radius 2 is 1.89 bits per heavy atom. The number of ether oxygens (including phenoxy) is 1. The molecule has 3 aliphatic rings. The molecule has 0 aliphatic carbocycles. The van der Waals surface area contributed by atoms with E-state index in [1.54, 1.807) is 6.07 Å². The molecule has 3 heterocycles. The van der Waals surface area contributed by atoms with Crippen LogP contribution in [0.2, 0.25) is 0 Å². The molecule has 2 amide bonds. The number of hydrogen-bond donors (Lipinski definition) is 2. The lowest BCUT2D eigenvalue weighted by atomic mass is 9.73. The van der Waals surface area contributed by atoms with Crippen LogP contribution >= 0.6 is 0 Å². The number of likely N-dealkylation sites (tertiary alicyclic amines) is 1. The Hall–Kier alpha value is -2.49. The number of benzene rings is 1. The van der Waals surface area contributed by atoms with Crippen LogP contribution in [0.15, 0.2) is 18.2 Å². The lowest BCUT2D eigenvalue weighted by molar-refractivity contribution is -0.140. The van der Waals surface area contributed by atoms with E-state index in [0.29, 0.717) is 11.1 Å². The molecule has 1 aromatic carbocycles. The van der Waals surface area contributed by atoms with Gasteiger partial charge in [-0.3, -0.25) is 19.3 Å². The molecule has 0 radical (unpaired) electrons. The van der Waals surface area contributed by atoms with Gasteiger partial charge in [-0.15, -0.1) is 0 Å². The number of hydrogen-bond acceptors (Lipinski definition) is 7. The second-order valence-corrected chi connectivity index (χ2v) is 11.0. The molecular weight excluding hydrogens is 448 g/mol. The summed E-state index contributed by atoms with van der Waals surface area (Å²) in [5, 5.41) is 10.5. The maximum atomic E-state index is 14.0. The van der Waals surface area contributed by atoms with Crippen molar-refractivity contribution in [2.75, 3.05) is 50.8 Å². The van der Waals surface area contributed by atoms with Gasteiger partial charge in [-0.25, -0.2) is 0 Å². The number of piperazine rings is 1.